The topological polar surface area (TPSA) is 64.6 Å². The molecule has 2 aromatic rings. The van der Waals surface area contributed by atoms with Crippen LogP contribution < -0.4 is 10.6 Å². The third-order valence-electron chi connectivity index (χ3n) is 5.29. The highest BCUT2D eigenvalue weighted by Gasteiger charge is 2.50. The Balaban J connectivity index is 1.78. The Morgan fingerprint density at radius 2 is 1.68 bits per heavy atom. The highest BCUT2D eigenvalue weighted by Crippen LogP contribution is 2.44. The van der Waals surface area contributed by atoms with E-state index in [0.717, 1.165) is 32.0 Å². The Morgan fingerprint density at radius 3 is 2.21 bits per heavy atom. The summed E-state index contributed by atoms with van der Waals surface area (Å²) in [4.78, 5) is 14.2. The second-order valence-electron chi connectivity index (χ2n) is 7.21. The van der Waals surface area contributed by atoms with Gasteiger partial charge in [0.25, 0.3) is 0 Å². The Labute approximate surface area is 160 Å². The van der Waals surface area contributed by atoms with Gasteiger partial charge in [0.15, 0.2) is 0 Å². The summed E-state index contributed by atoms with van der Waals surface area (Å²) in [5.74, 6) is -1.43. The first-order valence-electron chi connectivity index (χ1n) is 9.11. The minimum absolute atomic E-state index is 0.353. The lowest BCUT2D eigenvalue weighted by molar-refractivity contribution is -0.144. The van der Waals surface area contributed by atoms with Crippen molar-refractivity contribution in [3.05, 3.63) is 59.2 Å². The van der Waals surface area contributed by atoms with E-state index >= 15 is 0 Å². The minimum Gasteiger partial charge on any atom is -0.478 e. The molecule has 2 aliphatic heterocycles. The normalized spacial score (nSPS) is 18.4. The number of carbonyl (C=O) groups is 1. The summed E-state index contributed by atoms with van der Waals surface area (Å²) in [5, 5.41) is 15.4. The Kier molecular flexibility index (Phi) is 4.45. The molecule has 0 aromatic heterocycles. The van der Waals surface area contributed by atoms with E-state index in [4.69, 9.17) is 0 Å². The summed E-state index contributed by atoms with van der Waals surface area (Å²) in [7, 11) is 0. The molecule has 0 amide bonds. The SMILES string of the molecule is O=C(O)C1(c2ccc(CN3CCCC3)cc2C(F)(F)F)Nc2ccccc2N1. The number of hydrogen-bond acceptors (Lipinski definition) is 4. The maximum Gasteiger partial charge on any atom is 0.416 e. The number of fused-ring (bicyclic) bond motifs is 1. The van der Waals surface area contributed by atoms with Crippen LogP contribution in [0.2, 0.25) is 0 Å². The molecule has 2 aromatic carbocycles. The van der Waals surface area contributed by atoms with E-state index in [1.165, 1.54) is 6.07 Å². The number of halogens is 3. The number of benzene rings is 2. The number of anilines is 2. The van der Waals surface area contributed by atoms with Crippen LogP contribution in [0.1, 0.15) is 29.5 Å². The Bertz CT molecular complexity index is 883. The second-order valence-corrected chi connectivity index (χ2v) is 7.21. The van der Waals surface area contributed by atoms with Gasteiger partial charge < -0.3 is 15.7 Å². The number of nitrogens with one attached hydrogen (secondary N) is 2. The third-order valence-corrected chi connectivity index (χ3v) is 5.29. The smallest absolute Gasteiger partial charge is 0.416 e. The molecule has 5 nitrogen and oxygen atoms in total. The van der Waals surface area contributed by atoms with Crippen LogP contribution in [-0.2, 0) is 23.2 Å². The van der Waals surface area contributed by atoms with Gasteiger partial charge in [0.2, 0.25) is 5.66 Å². The Morgan fingerprint density at radius 1 is 1.07 bits per heavy atom. The summed E-state index contributed by atoms with van der Waals surface area (Å²) in [6.45, 7) is 2.14. The number of nitrogens with zero attached hydrogens (tertiary/aromatic N) is 1. The van der Waals surface area contributed by atoms with Crippen molar-refractivity contribution in [3.63, 3.8) is 0 Å². The van der Waals surface area contributed by atoms with Crippen LogP contribution in [0.3, 0.4) is 0 Å². The molecule has 0 radical (unpaired) electrons. The fourth-order valence-corrected chi connectivity index (χ4v) is 3.94. The van der Waals surface area contributed by atoms with Gasteiger partial charge in [0, 0.05) is 12.1 Å². The van der Waals surface area contributed by atoms with Gasteiger partial charge in [0.05, 0.1) is 16.9 Å². The van der Waals surface area contributed by atoms with Crippen molar-refractivity contribution in [2.24, 2.45) is 0 Å². The molecule has 2 aliphatic rings. The lowest BCUT2D eigenvalue weighted by atomic mass is 9.92. The summed E-state index contributed by atoms with van der Waals surface area (Å²) >= 11 is 0. The molecular formula is C20H20F3N3O2. The van der Waals surface area contributed by atoms with Gasteiger partial charge in [-0.05, 0) is 49.7 Å². The fraction of sp³-hybridized carbons (Fsp3) is 0.350. The van der Waals surface area contributed by atoms with E-state index in [2.05, 4.69) is 15.5 Å². The van der Waals surface area contributed by atoms with Gasteiger partial charge in [-0.25, -0.2) is 4.79 Å². The highest BCUT2D eigenvalue weighted by atomic mass is 19.4. The quantitative estimate of drug-likeness (QED) is 0.733. The number of carboxylic acids is 1. The van der Waals surface area contributed by atoms with Crippen molar-refractivity contribution in [2.45, 2.75) is 31.2 Å². The molecule has 2 heterocycles. The van der Waals surface area contributed by atoms with E-state index in [1.54, 1.807) is 30.3 Å². The Hall–Kier alpha value is -2.74. The molecule has 0 aliphatic carbocycles. The van der Waals surface area contributed by atoms with Gasteiger partial charge in [-0.3, -0.25) is 4.90 Å². The zero-order valence-electron chi connectivity index (χ0n) is 15.0. The van der Waals surface area contributed by atoms with Crippen LogP contribution in [-0.4, -0.2) is 29.1 Å². The van der Waals surface area contributed by atoms with Crippen LogP contribution in [0.15, 0.2) is 42.5 Å². The first-order valence-corrected chi connectivity index (χ1v) is 9.11. The van der Waals surface area contributed by atoms with Crippen molar-refractivity contribution in [3.8, 4) is 0 Å². The van der Waals surface area contributed by atoms with Crippen molar-refractivity contribution >= 4 is 17.3 Å². The summed E-state index contributed by atoms with van der Waals surface area (Å²) in [5.41, 5.74) is -1.97. The van der Waals surface area contributed by atoms with Crippen LogP contribution in [0, 0.1) is 0 Å². The molecule has 1 fully saturated rings. The second kappa shape index (κ2) is 6.70. The predicted molar refractivity (Wildman–Crippen MR) is 99.0 cm³/mol. The van der Waals surface area contributed by atoms with Crippen LogP contribution in [0.4, 0.5) is 24.5 Å². The van der Waals surface area contributed by atoms with Gasteiger partial charge in [-0.15, -0.1) is 0 Å². The number of rotatable bonds is 4. The van der Waals surface area contributed by atoms with Crippen molar-refractivity contribution in [2.75, 3.05) is 23.7 Å². The molecule has 0 atom stereocenters. The van der Waals surface area contributed by atoms with E-state index < -0.39 is 23.4 Å². The van der Waals surface area contributed by atoms with Crippen molar-refractivity contribution in [1.29, 1.82) is 0 Å². The van der Waals surface area contributed by atoms with Gasteiger partial charge in [-0.1, -0.05) is 24.3 Å². The average molecular weight is 391 g/mol. The number of carboxylic acid groups (broad SMARTS) is 1. The van der Waals surface area contributed by atoms with Crippen LogP contribution >= 0.6 is 0 Å². The van der Waals surface area contributed by atoms with Gasteiger partial charge >= 0.3 is 12.1 Å². The molecule has 0 bridgehead atoms. The molecule has 8 heteroatoms. The molecular weight excluding hydrogens is 371 g/mol. The number of alkyl halides is 3. The average Bonchev–Trinajstić information content (AvgIpc) is 3.28. The maximum absolute atomic E-state index is 13.9. The number of likely N-dealkylation sites (tertiary alicyclic amines) is 1. The zero-order valence-corrected chi connectivity index (χ0v) is 15.0. The maximum atomic E-state index is 13.9. The first-order chi connectivity index (χ1) is 13.3. The molecule has 148 valence electrons. The molecule has 0 spiro atoms. The molecule has 0 unspecified atom stereocenters. The van der Waals surface area contributed by atoms with E-state index in [1.807, 2.05) is 0 Å². The molecule has 4 rings (SSSR count). The number of aliphatic carboxylic acids is 1. The minimum atomic E-state index is -4.68. The summed E-state index contributed by atoms with van der Waals surface area (Å²) in [6, 6.07) is 10.6. The number of para-hydroxylation sites is 2. The van der Waals surface area contributed by atoms with Crippen molar-refractivity contribution < 1.29 is 23.1 Å². The summed E-state index contributed by atoms with van der Waals surface area (Å²) in [6.07, 6.45) is -2.60. The molecule has 1 saturated heterocycles. The van der Waals surface area contributed by atoms with Gasteiger partial charge in [-0.2, -0.15) is 13.2 Å². The molecule has 3 N–H and O–H groups in total. The van der Waals surface area contributed by atoms with E-state index in [-0.39, 0.29) is 5.56 Å². The first kappa shape index (κ1) is 18.6. The largest absolute Gasteiger partial charge is 0.478 e. The lowest BCUT2D eigenvalue weighted by Gasteiger charge is -2.30. The lowest BCUT2D eigenvalue weighted by Crippen LogP contribution is -2.48. The summed E-state index contributed by atoms with van der Waals surface area (Å²) < 4.78 is 41.7. The van der Waals surface area contributed by atoms with E-state index in [0.29, 0.717) is 23.5 Å². The third kappa shape index (κ3) is 3.17. The monoisotopic (exact) mass is 391 g/mol. The highest BCUT2D eigenvalue weighted by molar-refractivity contribution is 5.94. The van der Waals surface area contributed by atoms with Crippen LogP contribution in [0.25, 0.3) is 0 Å². The standard InChI is InChI=1S/C20H20F3N3O2/c21-20(22,23)15-11-13(12-26-9-3-4-10-26)7-8-14(15)19(18(27)28)24-16-5-1-2-6-17(16)25-19/h1-2,5-8,11,24-25H,3-4,9-10,12H2,(H,27,28). The zero-order chi connectivity index (χ0) is 19.9. The molecule has 28 heavy (non-hydrogen) atoms. The van der Waals surface area contributed by atoms with E-state index in [9.17, 15) is 23.1 Å². The van der Waals surface area contributed by atoms with Gasteiger partial charge in [0.1, 0.15) is 0 Å². The fourth-order valence-electron chi connectivity index (χ4n) is 3.94. The van der Waals surface area contributed by atoms with Crippen molar-refractivity contribution in [1.82, 2.24) is 4.90 Å². The predicted octanol–water partition coefficient (Wildman–Crippen LogP) is 4.08. The molecule has 0 saturated carbocycles. The van der Waals surface area contributed by atoms with Crippen LogP contribution in [0.5, 0.6) is 0 Å². The number of hydrogen-bond donors (Lipinski definition) is 3.